The van der Waals surface area contributed by atoms with E-state index in [-0.39, 0.29) is 5.78 Å². The number of carbonyl (C=O) groups excluding carboxylic acids is 1. The lowest BCUT2D eigenvalue weighted by Crippen LogP contribution is -2.02. The molecule has 0 saturated carbocycles. The van der Waals surface area contributed by atoms with Crippen LogP contribution in [-0.2, 0) is 0 Å². The molecule has 6 aromatic rings. The Morgan fingerprint density at radius 2 is 1.43 bits per heavy atom. The van der Waals surface area contributed by atoms with Gasteiger partial charge in [-0.1, -0.05) is 66.7 Å². The first kappa shape index (κ1) is 25.4. The number of rotatable bonds is 7. The fourth-order valence-corrected chi connectivity index (χ4v) is 6.05. The molecule has 2 aromatic heterocycles. The molecule has 0 atom stereocenters. The molecule has 198 valence electrons. The molecule has 0 amide bonds. The fraction of sp³-hybridized carbons (Fsp3) is 0.0909. The third-order valence-electron chi connectivity index (χ3n) is 6.96. The zero-order valence-electron chi connectivity index (χ0n) is 22.2. The molecule has 2 heterocycles. The molecule has 0 aliphatic heterocycles. The first-order valence-electron chi connectivity index (χ1n) is 12.6. The Bertz CT molecular complexity index is 1870. The summed E-state index contributed by atoms with van der Waals surface area (Å²) in [6, 6.07) is 29.3. The zero-order valence-corrected chi connectivity index (χ0v) is 23.0. The lowest BCUT2D eigenvalue weighted by molar-refractivity contribution is 0.104. The van der Waals surface area contributed by atoms with Gasteiger partial charge in [-0.2, -0.15) is 0 Å². The van der Waals surface area contributed by atoms with Gasteiger partial charge < -0.3 is 19.9 Å². The summed E-state index contributed by atoms with van der Waals surface area (Å²) < 4.78 is 16.8. The molecule has 0 fully saturated rings. The van der Waals surface area contributed by atoms with Gasteiger partial charge in [0.15, 0.2) is 11.5 Å². The van der Waals surface area contributed by atoms with Gasteiger partial charge in [-0.25, -0.2) is 4.98 Å². The van der Waals surface area contributed by atoms with Crippen molar-refractivity contribution in [2.45, 2.75) is 0 Å². The molecular weight excluding hydrogens is 520 g/mol. The molecule has 0 radical (unpaired) electrons. The van der Waals surface area contributed by atoms with E-state index in [1.165, 1.54) is 11.3 Å². The Morgan fingerprint density at radius 1 is 0.750 bits per heavy atom. The van der Waals surface area contributed by atoms with Crippen LogP contribution in [0.25, 0.3) is 43.4 Å². The van der Waals surface area contributed by atoms with Crippen LogP contribution in [-0.4, -0.2) is 32.1 Å². The number of methoxy groups -OCH3 is 3. The summed E-state index contributed by atoms with van der Waals surface area (Å²) in [5.41, 5.74) is 11.1. The summed E-state index contributed by atoms with van der Waals surface area (Å²) in [5.74, 6) is 1.39. The number of nitrogen functional groups attached to an aromatic ring is 1. The number of nitrogens with zero attached hydrogens (tertiary/aromatic N) is 1. The summed E-state index contributed by atoms with van der Waals surface area (Å²) in [7, 11) is 4.73. The maximum atomic E-state index is 13.8. The van der Waals surface area contributed by atoms with Crippen molar-refractivity contribution in [2.24, 2.45) is 0 Å². The van der Waals surface area contributed by atoms with E-state index in [1.54, 1.807) is 21.3 Å². The Labute approximate surface area is 235 Å². The van der Waals surface area contributed by atoms with Gasteiger partial charge in [0.05, 0.1) is 32.7 Å². The number of pyridine rings is 1. The van der Waals surface area contributed by atoms with Crippen LogP contribution in [0, 0.1) is 0 Å². The quantitative estimate of drug-likeness (QED) is 0.207. The third-order valence-corrected chi connectivity index (χ3v) is 8.06. The number of thiophene rings is 1. The molecule has 0 spiro atoms. The minimum atomic E-state index is -0.136. The molecule has 0 bridgehead atoms. The maximum Gasteiger partial charge on any atom is 0.205 e. The largest absolute Gasteiger partial charge is 0.493 e. The summed E-state index contributed by atoms with van der Waals surface area (Å²) in [6.07, 6.45) is 0. The van der Waals surface area contributed by atoms with Gasteiger partial charge in [0.25, 0.3) is 0 Å². The van der Waals surface area contributed by atoms with Gasteiger partial charge in [-0.05, 0) is 46.2 Å². The van der Waals surface area contributed by atoms with Gasteiger partial charge in [-0.3, -0.25) is 4.79 Å². The highest BCUT2D eigenvalue weighted by Gasteiger charge is 2.24. The van der Waals surface area contributed by atoms with Crippen LogP contribution in [0.4, 0.5) is 5.69 Å². The zero-order chi connectivity index (χ0) is 27.8. The lowest BCUT2D eigenvalue weighted by atomic mass is 9.97. The van der Waals surface area contributed by atoms with Crippen LogP contribution in [0.1, 0.15) is 15.2 Å². The van der Waals surface area contributed by atoms with Crippen molar-refractivity contribution in [3.8, 4) is 39.6 Å². The van der Waals surface area contributed by atoms with E-state index in [4.69, 9.17) is 24.9 Å². The number of nitrogens with two attached hydrogens (primary N) is 1. The van der Waals surface area contributed by atoms with Gasteiger partial charge in [0.1, 0.15) is 9.71 Å². The summed E-state index contributed by atoms with van der Waals surface area (Å²) in [4.78, 5) is 19.9. The van der Waals surface area contributed by atoms with E-state index >= 15 is 0 Å². The third kappa shape index (κ3) is 4.30. The molecule has 7 heteroatoms. The van der Waals surface area contributed by atoms with Crippen molar-refractivity contribution in [2.75, 3.05) is 27.1 Å². The fourth-order valence-electron chi connectivity index (χ4n) is 4.97. The highest BCUT2D eigenvalue weighted by atomic mass is 32.1. The van der Waals surface area contributed by atoms with Crippen molar-refractivity contribution in [3.05, 3.63) is 101 Å². The monoisotopic (exact) mass is 546 g/mol. The Kier molecular flexibility index (Phi) is 6.58. The van der Waals surface area contributed by atoms with Crippen LogP contribution in [0.15, 0.2) is 91.0 Å². The molecule has 0 saturated heterocycles. The maximum absolute atomic E-state index is 13.8. The van der Waals surface area contributed by atoms with Crippen molar-refractivity contribution < 1.29 is 19.0 Å². The Hall–Kier alpha value is -4.88. The number of fused-ring (bicyclic) bond motifs is 2. The number of carbonyl (C=O) groups is 1. The summed E-state index contributed by atoms with van der Waals surface area (Å²) in [6.45, 7) is 0. The minimum Gasteiger partial charge on any atom is -0.493 e. The summed E-state index contributed by atoms with van der Waals surface area (Å²) >= 11 is 1.30. The number of anilines is 1. The lowest BCUT2D eigenvalue weighted by Gasteiger charge is -2.15. The highest BCUT2D eigenvalue weighted by molar-refractivity contribution is 7.21. The molecule has 2 N–H and O–H groups in total. The molecule has 0 aliphatic rings. The average Bonchev–Trinajstić information content (AvgIpc) is 3.35. The first-order valence-corrected chi connectivity index (χ1v) is 13.5. The molecule has 6 nitrogen and oxygen atoms in total. The molecule has 6 rings (SSSR count). The molecule has 4 aromatic carbocycles. The number of hydrogen-bond acceptors (Lipinski definition) is 7. The predicted molar refractivity (Wildman–Crippen MR) is 162 cm³/mol. The van der Waals surface area contributed by atoms with Gasteiger partial charge >= 0.3 is 0 Å². The second-order valence-electron chi connectivity index (χ2n) is 9.25. The van der Waals surface area contributed by atoms with Crippen LogP contribution < -0.4 is 19.9 Å². The second-order valence-corrected chi connectivity index (χ2v) is 10.3. The number of aromatic nitrogens is 1. The topological polar surface area (TPSA) is 83.7 Å². The van der Waals surface area contributed by atoms with Crippen molar-refractivity contribution >= 4 is 43.8 Å². The van der Waals surface area contributed by atoms with Gasteiger partial charge in [0, 0.05) is 16.5 Å². The average molecular weight is 547 g/mol. The van der Waals surface area contributed by atoms with Crippen molar-refractivity contribution in [1.82, 2.24) is 4.98 Å². The normalized spacial score (nSPS) is 11.1. The Balaban J connectivity index is 1.59. The number of benzene rings is 4. The SMILES string of the molecule is COc1cc(-c2cc(-c3ccccc3)nc3sc(C(=O)c4ccc5ccccc5c4)c(N)c23)cc(OC)c1OC. The van der Waals surface area contributed by atoms with Crippen molar-refractivity contribution in [1.29, 1.82) is 0 Å². The van der Waals surface area contributed by atoms with Crippen LogP contribution in [0.2, 0.25) is 0 Å². The van der Waals surface area contributed by atoms with E-state index in [9.17, 15) is 4.79 Å². The van der Waals surface area contributed by atoms with Crippen LogP contribution >= 0.6 is 11.3 Å². The highest BCUT2D eigenvalue weighted by Crippen LogP contribution is 2.46. The first-order chi connectivity index (χ1) is 19.5. The predicted octanol–water partition coefficient (Wildman–Crippen LogP) is 7.62. The standard InChI is InChI=1S/C33H26N2O4S/c1-37-26-16-23(17-27(38-2)31(26)39-3)24-18-25(20-10-5-4-6-11-20)35-33-28(24)29(34)32(40-33)30(36)22-14-13-19-9-7-8-12-21(19)15-22/h4-18H,34H2,1-3H3. The second kappa shape index (κ2) is 10.4. The van der Waals surface area contributed by atoms with E-state index in [0.717, 1.165) is 33.2 Å². The minimum absolute atomic E-state index is 0.136. The van der Waals surface area contributed by atoms with Gasteiger partial charge in [-0.15, -0.1) is 11.3 Å². The van der Waals surface area contributed by atoms with E-state index in [1.807, 2.05) is 91.0 Å². The summed E-state index contributed by atoms with van der Waals surface area (Å²) in [5, 5.41) is 2.78. The van der Waals surface area contributed by atoms with E-state index < -0.39 is 0 Å². The van der Waals surface area contributed by atoms with E-state index in [2.05, 4.69) is 0 Å². The number of ketones is 1. The number of hydrogen-bond donors (Lipinski definition) is 1. The van der Waals surface area contributed by atoms with Gasteiger partial charge in [0.2, 0.25) is 11.5 Å². The number of ether oxygens (including phenoxy) is 3. The van der Waals surface area contributed by atoms with Crippen LogP contribution in [0.5, 0.6) is 17.2 Å². The molecular formula is C33H26N2O4S. The van der Waals surface area contributed by atoms with Crippen LogP contribution in [0.3, 0.4) is 0 Å². The Morgan fingerprint density at radius 3 is 2.10 bits per heavy atom. The van der Waals surface area contributed by atoms with E-state index in [0.29, 0.717) is 43.6 Å². The molecule has 0 aliphatic carbocycles. The molecule has 40 heavy (non-hydrogen) atoms. The smallest absolute Gasteiger partial charge is 0.205 e. The molecule has 0 unspecified atom stereocenters. The van der Waals surface area contributed by atoms with Crippen molar-refractivity contribution in [3.63, 3.8) is 0 Å².